The van der Waals surface area contributed by atoms with Gasteiger partial charge in [0.15, 0.2) is 0 Å². The van der Waals surface area contributed by atoms with E-state index in [-0.39, 0.29) is 23.2 Å². The Hall–Kier alpha value is -0.710. The quantitative estimate of drug-likeness (QED) is 0.524. The normalized spacial score (nSPS) is 34.9. The predicted octanol–water partition coefficient (Wildman–Crippen LogP) is -0.855. The predicted molar refractivity (Wildman–Crippen MR) is 40.7 cm³/mol. The molecule has 0 aromatic rings. The third-order valence-corrected chi connectivity index (χ3v) is 3.34. The minimum absolute atomic E-state index is 0.0591. The van der Waals surface area contributed by atoms with Crippen LogP contribution >= 0.6 is 11.8 Å². The first-order chi connectivity index (χ1) is 5.20. The summed E-state index contributed by atoms with van der Waals surface area (Å²) < 4.78 is 0. The Bertz CT molecular complexity index is 223. The second-order valence-electron chi connectivity index (χ2n) is 2.71. The van der Waals surface area contributed by atoms with E-state index >= 15 is 0 Å². The SMILES string of the molecule is NC(=O)C1CSC2CC(=O)N21. The molecule has 2 saturated heterocycles. The first-order valence-electron chi connectivity index (χ1n) is 3.42. The van der Waals surface area contributed by atoms with Gasteiger partial charge in [-0.05, 0) is 0 Å². The first kappa shape index (κ1) is 6.97. The van der Waals surface area contributed by atoms with Crippen molar-refractivity contribution in [3.63, 3.8) is 0 Å². The lowest BCUT2D eigenvalue weighted by atomic mass is 10.1. The lowest BCUT2D eigenvalue weighted by Crippen LogP contribution is -2.55. The molecule has 11 heavy (non-hydrogen) atoms. The van der Waals surface area contributed by atoms with Crippen molar-refractivity contribution in [1.82, 2.24) is 4.90 Å². The molecule has 2 aliphatic heterocycles. The highest BCUT2D eigenvalue weighted by atomic mass is 32.2. The number of carbonyl (C=O) groups excluding carboxylic acids is 2. The Kier molecular flexibility index (Phi) is 1.35. The molecular weight excluding hydrogens is 164 g/mol. The maximum atomic E-state index is 10.9. The van der Waals surface area contributed by atoms with E-state index in [1.165, 1.54) is 0 Å². The van der Waals surface area contributed by atoms with E-state index in [9.17, 15) is 9.59 Å². The Balaban J connectivity index is 2.14. The topological polar surface area (TPSA) is 63.4 Å². The molecule has 2 fully saturated rings. The van der Waals surface area contributed by atoms with E-state index in [4.69, 9.17) is 5.73 Å². The van der Waals surface area contributed by atoms with Gasteiger partial charge in [0.2, 0.25) is 11.8 Å². The van der Waals surface area contributed by atoms with Gasteiger partial charge in [0.1, 0.15) is 6.04 Å². The fraction of sp³-hybridized carbons (Fsp3) is 0.667. The average Bonchev–Trinajstić information content (AvgIpc) is 2.25. The summed E-state index contributed by atoms with van der Waals surface area (Å²) in [6, 6.07) is -0.341. The highest BCUT2D eigenvalue weighted by molar-refractivity contribution is 8.00. The number of primary amides is 1. The highest BCUT2D eigenvalue weighted by Gasteiger charge is 2.48. The number of rotatable bonds is 1. The zero-order valence-corrected chi connectivity index (χ0v) is 6.63. The van der Waals surface area contributed by atoms with Gasteiger partial charge >= 0.3 is 0 Å². The number of hydrogen-bond acceptors (Lipinski definition) is 3. The van der Waals surface area contributed by atoms with Crippen molar-refractivity contribution in [3.05, 3.63) is 0 Å². The van der Waals surface area contributed by atoms with E-state index in [1.54, 1.807) is 16.7 Å². The van der Waals surface area contributed by atoms with E-state index in [1.807, 2.05) is 0 Å². The summed E-state index contributed by atoms with van der Waals surface area (Å²) in [5.41, 5.74) is 5.10. The number of fused-ring (bicyclic) bond motifs is 1. The van der Waals surface area contributed by atoms with E-state index < -0.39 is 0 Å². The van der Waals surface area contributed by atoms with E-state index in [0.29, 0.717) is 12.2 Å². The second-order valence-corrected chi connectivity index (χ2v) is 3.92. The van der Waals surface area contributed by atoms with Crippen molar-refractivity contribution in [2.45, 2.75) is 17.8 Å². The number of hydrogen-bond donors (Lipinski definition) is 1. The van der Waals surface area contributed by atoms with Crippen LogP contribution in [0.15, 0.2) is 0 Å². The van der Waals surface area contributed by atoms with Crippen LogP contribution in [-0.2, 0) is 9.59 Å². The molecule has 2 amide bonds. The van der Waals surface area contributed by atoms with Gasteiger partial charge in [-0.3, -0.25) is 9.59 Å². The van der Waals surface area contributed by atoms with Gasteiger partial charge in [0, 0.05) is 5.75 Å². The largest absolute Gasteiger partial charge is 0.368 e. The van der Waals surface area contributed by atoms with Gasteiger partial charge < -0.3 is 10.6 Å². The van der Waals surface area contributed by atoms with Gasteiger partial charge in [0.05, 0.1) is 11.8 Å². The summed E-state index contributed by atoms with van der Waals surface area (Å²) >= 11 is 1.64. The van der Waals surface area contributed by atoms with Crippen molar-refractivity contribution in [2.24, 2.45) is 5.73 Å². The summed E-state index contributed by atoms with van der Waals surface area (Å²) in [7, 11) is 0. The number of nitrogens with two attached hydrogens (primary N) is 1. The van der Waals surface area contributed by atoms with E-state index in [0.717, 1.165) is 0 Å². The lowest BCUT2D eigenvalue weighted by molar-refractivity contribution is -0.147. The number of nitrogens with zero attached hydrogens (tertiary/aromatic N) is 1. The zero-order valence-electron chi connectivity index (χ0n) is 5.82. The molecule has 2 rings (SSSR count). The molecule has 2 aliphatic rings. The molecular formula is C6H8N2O2S. The Morgan fingerprint density at radius 2 is 2.45 bits per heavy atom. The minimum atomic E-state index is -0.381. The van der Waals surface area contributed by atoms with Crippen LogP contribution in [0.25, 0.3) is 0 Å². The smallest absolute Gasteiger partial charge is 0.241 e. The van der Waals surface area contributed by atoms with Crippen molar-refractivity contribution in [1.29, 1.82) is 0 Å². The average molecular weight is 172 g/mol. The molecule has 0 aromatic heterocycles. The van der Waals surface area contributed by atoms with Gasteiger partial charge in [-0.25, -0.2) is 0 Å². The fourth-order valence-corrected chi connectivity index (χ4v) is 2.83. The molecule has 0 spiro atoms. The molecule has 0 saturated carbocycles. The molecule has 4 nitrogen and oxygen atoms in total. The number of amides is 2. The van der Waals surface area contributed by atoms with Crippen LogP contribution in [0, 0.1) is 0 Å². The summed E-state index contributed by atoms with van der Waals surface area (Å²) in [5, 5.41) is 0.236. The van der Waals surface area contributed by atoms with Gasteiger partial charge in [-0.2, -0.15) is 0 Å². The number of thioether (sulfide) groups is 1. The van der Waals surface area contributed by atoms with Crippen LogP contribution in [-0.4, -0.2) is 33.9 Å². The van der Waals surface area contributed by atoms with Crippen LogP contribution in [0.2, 0.25) is 0 Å². The molecule has 0 bridgehead atoms. The van der Waals surface area contributed by atoms with Crippen LogP contribution < -0.4 is 5.73 Å². The van der Waals surface area contributed by atoms with Crippen LogP contribution in [0.1, 0.15) is 6.42 Å². The number of carbonyl (C=O) groups is 2. The molecule has 0 aromatic carbocycles. The summed E-state index contributed by atoms with van der Waals surface area (Å²) in [6.07, 6.45) is 0.578. The molecule has 5 heteroatoms. The standard InChI is InChI=1S/C6H8N2O2S/c7-6(10)3-2-11-5-1-4(9)8(3)5/h3,5H,1-2H2,(H2,7,10). The van der Waals surface area contributed by atoms with Crippen molar-refractivity contribution >= 4 is 23.6 Å². The Labute approximate surface area is 68.1 Å². The number of β-lactam (4-membered cyclic amide) rings is 1. The lowest BCUT2D eigenvalue weighted by Gasteiger charge is -2.36. The van der Waals surface area contributed by atoms with Gasteiger partial charge in [-0.15, -0.1) is 11.8 Å². The highest BCUT2D eigenvalue weighted by Crippen LogP contribution is 2.38. The van der Waals surface area contributed by atoms with Crippen LogP contribution in [0.4, 0.5) is 0 Å². The minimum Gasteiger partial charge on any atom is -0.368 e. The molecule has 60 valence electrons. The molecule has 2 N–H and O–H groups in total. The zero-order chi connectivity index (χ0) is 8.01. The second kappa shape index (κ2) is 2.14. The first-order valence-corrected chi connectivity index (χ1v) is 4.47. The van der Waals surface area contributed by atoms with Crippen molar-refractivity contribution < 1.29 is 9.59 Å². The molecule has 2 unspecified atom stereocenters. The van der Waals surface area contributed by atoms with Gasteiger partial charge in [0.25, 0.3) is 0 Å². The maximum absolute atomic E-state index is 10.9. The summed E-state index contributed by atoms with van der Waals surface area (Å²) in [6.45, 7) is 0. The maximum Gasteiger partial charge on any atom is 0.241 e. The Morgan fingerprint density at radius 1 is 1.73 bits per heavy atom. The monoisotopic (exact) mass is 172 g/mol. The molecule has 0 aliphatic carbocycles. The molecule has 2 heterocycles. The third-order valence-electron chi connectivity index (χ3n) is 2.06. The Morgan fingerprint density at radius 3 is 2.91 bits per heavy atom. The van der Waals surface area contributed by atoms with E-state index in [2.05, 4.69) is 0 Å². The van der Waals surface area contributed by atoms with Crippen molar-refractivity contribution in [2.75, 3.05) is 5.75 Å². The molecule has 0 radical (unpaired) electrons. The fourth-order valence-electron chi connectivity index (χ4n) is 1.42. The molecule has 2 atom stereocenters. The van der Waals surface area contributed by atoms with Crippen molar-refractivity contribution in [3.8, 4) is 0 Å². The third kappa shape index (κ3) is 0.837. The van der Waals surface area contributed by atoms with Crippen LogP contribution in [0.3, 0.4) is 0 Å². The summed E-state index contributed by atoms with van der Waals surface area (Å²) in [5.74, 6) is 0.350. The van der Waals surface area contributed by atoms with Crippen LogP contribution in [0.5, 0.6) is 0 Å². The van der Waals surface area contributed by atoms with Gasteiger partial charge in [-0.1, -0.05) is 0 Å². The summed E-state index contributed by atoms with van der Waals surface area (Å²) in [4.78, 5) is 23.3.